The molecule has 4 rings (SSSR count). The maximum atomic E-state index is 12.7. The van der Waals surface area contributed by atoms with Gasteiger partial charge in [0.2, 0.25) is 0 Å². The quantitative estimate of drug-likeness (QED) is 0.371. The van der Waals surface area contributed by atoms with Crippen LogP contribution in [0.1, 0.15) is 51.8 Å². The number of hydrogen-bond acceptors (Lipinski definition) is 4. The van der Waals surface area contributed by atoms with Gasteiger partial charge in [-0.05, 0) is 35.2 Å². The van der Waals surface area contributed by atoms with E-state index in [0.29, 0.717) is 12.0 Å². The normalized spacial score (nSPS) is 20.4. The maximum Gasteiger partial charge on any atom is 0.330 e. The van der Waals surface area contributed by atoms with Gasteiger partial charge in [-0.1, -0.05) is 87.5 Å². The van der Waals surface area contributed by atoms with Gasteiger partial charge in [0.05, 0.1) is 12.2 Å². The lowest BCUT2D eigenvalue weighted by atomic mass is 10.1. The fraction of sp³-hybridized carbons (Fsp3) is 0.379. The van der Waals surface area contributed by atoms with Gasteiger partial charge in [-0.2, -0.15) is 0 Å². The average Bonchev–Trinajstić information content (AvgIpc) is 3.25. The predicted molar refractivity (Wildman–Crippen MR) is 147 cm³/mol. The minimum absolute atomic E-state index is 0.178. The molecule has 36 heavy (non-hydrogen) atoms. The standard InChI is InChI=1S/C29H36N2O4Si/c1-6-7-18-24-25(19-26(34-24)31-20-21(2)27(32)30-28(31)33)35-36(29(3,4)5,22-14-10-8-11-15-22)23-16-12-9-13-17-23/h6,8-17,20,24-26H,1,7,18-19H2,2-5H3,(H,30,32,33)/t24-,25+,26-/m1/s1. The SMILES string of the molecule is C=CCC[C@H]1O[C@@H](n2cc(C)c(=O)[nH]c2=O)C[C@@H]1O[Si](c1ccccc1)(c1ccccc1)C(C)(C)C. The minimum atomic E-state index is -2.81. The number of aromatic nitrogens is 2. The molecule has 3 atom stereocenters. The summed E-state index contributed by atoms with van der Waals surface area (Å²) >= 11 is 0. The Balaban J connectivity index is 1.81. The Bertz CT molecular complexity index is 1260. The lowest BCUT2D eigenvalue weighted by molar-refractivity contribution is -0.0212. The zero-order chi connectivity index (χ0) is 25.9. The molecule has 1 N–H and O–H groups in total. The molecule has 1 fully saturated rings. The summed E-state index contributed by atoms with van der Waals surface area (Å²) in [6.45, 7) is 12.3. The molecule has 0 radical (unpaired) electrons. The van der Waals surface area contributed by atoms with Crippen LogP contribution in [0.5, 0.6) is 0 Å². The molecule has 1 aromatic heterocycles. The van der Waals surface area contributed by atoms with Crippen molar-refractivity contribution < 1.29 is 9.16 Å². The van der Waals surface area contributed by atoms with Crippen LogP contribution in [0.25, 0.3) is 0 Å². The summed E-state index contributed by atoms with van der Waals surface area (Å²) in [6, 6.07) is 21.0. The summed E-state index contributed by atoms with van der Waals surface area (Å²) in [7, 11) is -2.81. The van der Waals surface area contributed by atoms with Crippen molar-refractivity contribution in [2.45, 2.75) is 70.4 Å². The van der Waals surface area contributed by atoms with E-state index in [1.54, 1.807) is 13.1 Å². The molecule has 0 bridgehead atoms. The topological polar surface area (TPSA) is 73.3 Å². The van der Waals surface area contributed by atoms with Gasteiger partial charge in [-0.3, -0.25) is 14.3 Å². The fourth-order valence-corrected chi connectivity index (χ4v) is 9.97. The molecule has 6 nitrogen and oxygen atoms in total. The number of allylic oxidation sites excluding steroid dienone is 1. The van der Waals surface area contributed by atoms with Crippen LogP contribution < -0.4 is 21.6 Å². The summed E-state index contributed by atoms with van der Waals surface area (Å²) in [5.74, 6) is 0. The predicted octanol–water partition coefficient (Wildman–Crippen LogP) is 4.04. The van der Waals surface area contributed by atoms with Crippen LogP contribution in [0.2, 0.25) is 5.04 Å². The maximum absolute atomic E-state index is 12.7. The molecule has 7 heteroatoms. The summed E-state index contributed by atoms with van der Waals surface area (Å²) in [5.41, 5.74) is -0.376. The molecule has 0 amide bonds. The molecular formula is C29H36N2O4Si. The van der Waals surface area contributed by atoms with Gasteiger partial charge < -0.3 is 9.16 Å². The van der Waals surface area contributed by atoms with Crippen LogP contribution in [0, 0.1) is 6.92 Å². The lowest BCUT2D eigenvalue weighted by Gasteiger charge is -2.45. The Labute approximate surface area is 213 Å². The van der Waals surface area contributed by atoms with E-state index in [4.69, 9.17) is 9.16 Å². The van der Waals surface area contributed by atoms with E-state index >= 15 is 0 Å². The smallest absolute Gasteiger partial charge is 0.330 e. The number of aromatic amines is 1. The Morgan fingerprint density at radius 3 is 2.19 bits per heavy atom. The molecule has 0 unspecified atom stereocenters. The van der Waals surface area contributed by atoms with Gasteiger partial charge >= 0.3 is 5.69 Å². The first-order valence-electron chi connectivity index (χ1n) is 12.5. The number of nitrogens with zero attached hydrogens (tertiary/aromatic N) is 1. The molecular weight excluding hydrogens is 468 g/mol. The third kappa shape index (κ3) is 4.96. The largest absolute Gasteiger partial charge is 0.402 e. The van der Waals surface area contributed by atoms with E-state index in [1.165, 1.54) is 14.9 Å². The number of hydrogen-bond donors (Lipinski definition) is 1. The molecule has 1 saturated heterocycles. The monoisotopic (exact) mass is 504 g/mol. The highest BCUT2D eigenvalue weighted by Gasteiger charge is 2.53. The molecule has 3 aromatic rings. The fourth-order valence-electron chi connectivity index (χ4n) is 5.25. The Hall–Kier alpha value is -3.00. The van der Waals surface area contributed by atoms with E-state index in [1.807, 2.05) is 18.2 Å². The van der Waals surface area contributed by atoms with Crippen molar-refractivity contribution in [2.24, 2.45) is 0 Å². The van der Waals surface area contributed by atoms with Gasteiger partial charge in [-0.25, -0.2) is 4.79 Å². The summed E-state index contributed by atoms with van der Waals surface area (Å²) < 4.78 is 15.3. The van der Waals surface area contributed by atoms with Crippen molar-refractivity contribution in [3.8, 4) is 0 Å². The molecule has 190 valence electrons. The van der Waals surface area contributed by atoms with Crippen LogP contribution in [-0.4, -0.2) is 30.1 Å². The third-order valence-electron chi connectivity index (χ3n) is 7.04. The van der Waals surface area contributed by atoms with E-state index in [2.05, 4.69) is 80.9 Å². The van der Waals surface area contributed by atoms with Crippen molar-refractivity contribution in [3.63, 3.8) is 0 Å². The van der Waals surface area contributed by atoms with Crippen LogP contribution in [0.3, 0.4) is 0 Å². The second kappa shape index (κ2) is 10.5. The Morgan fingerprint density at radius 1 is 1.08 bits per heavy atom. The van der Waals surface area contributed by atoms with Gasteiger partial charge in [0.1, 0.15) is 6.23 Å². The molecule has 2 heterocycles. The minimum Gasteiger partial charge on any atom is -0.402 e. The van der Waals surface area contributed by atoms with E-state index in [-0.39, 0.29) is 22.8 Å². The van der Waals surface area contributed by atoms with E-state index in [0.717, 1.165) is 12.8 Å². The highest BCUT2D eigenvalue weighted by atomic mass is 28.4. The number of H-pyrrole nitrogens is 1. The van der Waals surface area contributed by atoms with E-state index < -0.39 is 20.2 Å². The van der Waals surface area contributed by atoms with Crippen LogP contribution in [-0.2, 0) is 9.16 Å². The highest BCUT2D eigenvalue weighted by Crippen LogP contribution is 2.41. The van der Waals surface area contributed by atoms with Crippen molar-refractivity contribution in [1.82, 2.24) is 9.55 Å². The van der Waals surface area contributed by atoms with Gasteiger partial charge in [0, 0.05) is 18.2 Å². The average molecular weight is 505 g/mol. The summed E-state index contributed by atoms with van der Waals surface area (Å²) in [6.07, 6.45) is 4.52. The second-order valence-electron chi connectivity index (χ2n) is 10.5. The van der Waals surface area contributed by atoms with Crippen LogP contribution in [0.15, 0.2) is 89.1 Å². The number of aryl methyl sites for hydroxylation is 1. The highest BCUT2D eigenvalue weighted by molar-refractivity contribution is 6.99. The van der Waals surface area contributed by atoms with E-state index in [9.17, 15) is 9.59 Å². The number of benzene rings is 2. The first-order valence-corrected chi connectivity index (χ1v) is 14.5. The molecule has 1 aliphatic heterocycles. The zero-order valence-electron chi connectivity index (χ0n) is 21.6. The third-order valence-corrected chi connectivity index (χ3v) is 12.1. The molecule has 2 aromatic carbocycles. The van der Waals surface area contributed by atoms with Gasteiger partial charge in [-0.15, -0.1) is 6.58 Å². The van der Waals surface area contributed by atoms with Crippen molar-refractivity contribution >= 4 is 18.7 Å². The van der Waals surface area contributed by atoms with Crippen molar-refractivity contribution in [3.05, 3.63) is 106 Å². The lowest BCUT2D eigenvalue weighted by Crippen LogP contribution is -2.68. The number of ether oxygens (including phenoxy) is 1. The first kappa shape index (κ1) is 26.1. The van der Waals surface area contributed by atoms with Crippen LogP contribution >= 0.6 is 0 Å². The summed E-state index contributed by atoms with van der Waals surface area (Å²) in [4.78, 5) is 27.0. The molecule has 0 aliphatic carbocycles. The van der Waals surface area contributed by atoms with Gasteiger partial charge in [0.25, 0.3) is 13.9 Å². The number of nitrogens with one attached hydrogen (secondary N) is 1. The number of rotatable bonds is 8. The molecule has 0 saturated carbocycles. The first-order chi connectivity index (χ1) is 17.2. The Kier molecular flexibility index (Phi) is 7.64. The molecule has 0 spiro atoms. The Morgan fingerprint density at radius 2 is 1.67 bits per heavy atom. The van der Waals surface area contributed by atoms with Gasteiger partial charge in [0.15, 0.2) is 0 Å². The van der Waals surface area contributed by atoms with Crippen LogP contribution in [0.4, 0.5) is 0 Å². The van der Waals surface area contributed by atoms with Crippen molar-refractivity contribution in [2.75, 3.05) is 0 Å². The summed E-state index contributed by atoms with van der Waals surface area (Å²) in [5, 5.41) is 2.22. The van der Waals surface area contributed by atoms with Crippen molar-refractivity contribution in [1.29, 1.82) is 0 Å². The molecule has 1 aliphatic rings. The zero-order valence-corrected chi connectivity index (χ0v) is 22.6. The second-order valence-corrected chi connectivity index (χ2v) is 14.8.